The summed E-state index contributed by atoms with van der Waals surface area (Å²) in [6, 6.07) is 5.54. The molecule has 2 aliphatic carbocycles. The van der Waals surface area contributed by atoms with Crippen molar-refractivity contribution < 1.29 is 9.59 Å². The molecule has 2 amide bonds. The molecule has 132 valence electrons. The Morgan fingerprint density at radius 3 is 2.62 bits per heavy atom. The van der Waals surface area contributed by atoms with Crippen molar-refractivity contribution in [1.29, 1.82) is 0 Å². The highest BCUT2D eigenvalue weighted by atomic mass is 79.9. The molecule has 7 heteroatoms. The summed E-state index contributed by atoms with van der Waals surface area (Å²) in [7, 11) is 0. The second kappa shape index (κ2) is 7.85. The minimum atomic E-state index is -0.225. The number of nitrogens with two attached hydrogens (primary N) is 1. The fourth-order valence-corrected chi connectivity index (χ4v) is 4.18. The minimum Gasteiger partial charge on any atom is -0.347 e. The molecule has 2 aliphatic rings. The summed E-state index contributed by atoms with van der Waals surface area (Å²) in [5.41, 5.74) is 7.93. The Labute approximate surface area is 156 Å². The quantitative estimate of drug-likeness (QED) is 0.705. The zero-order valence-electron chi connectivity index (χ0n) is 13.5. The lowest BCUT2D eigenvalue weighted by Gasteiger charge is -2.26. The molecule has 4 unspecified atom stereocenters. The summed E-state index contributed by atoms with van der Waals surface area (Å²) in [4.78, 5) is 24.3. The molecule has 2 bridgehead atoms. The molecular weight excluding hydrogens is 394 g/mol. The second-order valence-electron chi connectivity index (χ2n) is 6.67. The van der Waals surface area contributed by atoms with E-state index in [1.165, 1.54) is 0 Å². The number of rotatable bonds is 4. The fraction of sp³-hybridized carbons (Fsp3) is 0.529. The first-order valence-electron chi connectivity index (χ1n) is 8.05. The number of benzene rings is 1. The first-order valence-corrected chi connectivity index (χ1v) is 8.84. The van der Waals surface area contributed by atoms with Crippen molar-refractivity contribution in [3.8, 4) is 0 Å². The van der Waals surface area contributed by atoms with Gasteiger partial charge in [0, 0.05) is 16.2 Å². The number of amides is 2. The summed E-state index contributed by atoms with van der Waals surface area (Å²) in [5, 5.41) is 5.54. The maximum Gasteiger partial charge on any atom is 0.243 e. The molecule has 5 nitrogen and oxygen atoms in total. The van der Waals surface area contributed by atoms with Gasteiger partial charge >= 0.3 is 0 Å². The molecule has 4 atom stereocenters. The van der Waals surface area contributed by atoms with E-state index >= 15 is 0 Å². The fourth-order valence-electron chi connectivity index (χ4n) is 3.94. The van der Waals surface area contributed by atoms with E-state index in [2.05, 4.69) is 26.6 Å². The van der Waals surface area contributed by atoms with Crippen LogP contribution in [0.4, 0.5) is 5.69 Å². The number of hydrogen-bond acceptors (Lipinski definition) is 3. The number of hydrogen-bond donors (Lipinski definition) is 3. The topological polar surface area (TPSA) is 84.2 Å². The van der Waals surface area contributed by atoms with Gasteiger partial charge in [0.2, 0.25) is 11.8 Å². The largest absolute Gasteiger partial charge is 0.347 e. The van der Waals surface area contributed by atoms with Crippen molar-refractivity contribution in [1.82, 2.24) is 5.32 Å². The van der Waals surface area contributed by atoms with E-state index < -0.39 is 0 Å². The van der Waals surface area contributed by atoms with Crippen molar-refractivity contribution in [3.05, 3.63) is 28.2 Å². The molecule has 0 heterocycles. The van der Waals surface area contributed by atoms with Gasteiger partial charge in [-0.1, -0.05) is 15.9 Å². The Bertz CT molecular complexity index is 638. The molecule has 1 aromatic rings. The average molecular weight is 417 g/mol. The zero-order chi connectivity index (χ0) is 16.6. The van der Waals surface area contributed by atoms with Crippen molar-refractivity contribution in [3.63, 3.8) is 0 Å². The average Bonchev–Trinajstić information content (AvgIpc) is 3.09. The third kappa shape index (κ3) is 3.92. The monoisotopic (exact) mass is 415 g/mol. The standard InChI is InChI=1S/C17H22BrN3O2.ClH/c1-9-6-12(4-5-13(9)18)21-14(22)8-20-17(23)15-10-2-3-11(7-10)16(15)19;/h4-6,10-11,15-16H,2-3,7-8,19H2,1H3,(H,20,23)(H,21,22);1H. The van der Waals surface area contributed by atoms with Gasteiger partial charge in [-0.05, 0) is 61.8 Å². The van der Waals surface area contributed by atoms with E-state index in [0.717, 1.165) is 35.0 Å². The van der Waals surface area contributed by atoms with E-state index in [9.17, 15) is 9.59 Å². The third-order valence-electron chi connectivity index (χ3n) is 5.15. The van der Waals surface area contributed by atoms with Crippen LogP contribution in [-0.4, -0.2) is 24.4 Å². The van der Waals surface area contributed by atoms with Crippen LogP contribution in [0.2, 0.25) is 0 Å². The van der Waals surface area contributed by atoms with Gasteiger partial charge in [0.05, 0.1) is 12.5 Å². The van der Waals surface area contributed by atoms with Crippen molar-refractivity contribution >= 4 is 45.8 Å². The van der Waals surface area contributed by atoms with E-state index in [1.54, 1.807) is 0 Å². The lowest BCUT2D eigenvalue weighted by Crippen LogP contribution is -2.46. The van der Waals surface area contributed by atoms with Crippen LogP contribution in [0.1, 0.15) is 24.8 Å². The van der Waals surface area contributed by atoms with E-state index in [0.29, 0.717) is 11.8 Å². The smallest absolute Gasteiger partial charge is 0.243 e. The maximum absolute atomic E-state index is 12.3. The minimum absolute atomic E-state index is 0. The summed E-state index contributed by atoms with van der Waals surface area (Å²) < 4.78 is 0.995. The van der Waals surface area contributed by atoms with Crippen LogP contribution < -0.4 is 16.4 Å². The Kier molecular flexibility index (Phi) is 6.28. The van der Waals surface area contributed by atoms with Gasteiger partial charge < -0.3 is 16.4 Å². The Hall–Kier alpha value is -1.11. The molecular formula is C17H23BrClN3O2. The molecule has 0 spiro atoms. The number of carbonyl (C=O) groups is 2. The van der Waals surface area contributed by atoms with Crippen LogP contribution in [0.5, 0.6) is 0 Å². The number of carbonyl (C=O) groups excluding carboxylic acids is 2. The van der Waals surface area contributed by atoms with Crippen LogP contribution in [0.25, 0.3) is 0 Å². The zero-order valence-corrected chi connectivity index (χ0v) is 16.0. The SMILES string of the molecule is Cc1cc(NC(=O)CNC(=O)C2C3CCC(C3)C2N)ccc1Br.Cl. The Balaban J connectivity index is 0.00000208. The number of nitrogens with one attached hydrogen (secondary N) is 2. The van der Waals surface area contributed by atoms with Crippen LogP contribution in [0, 0.1) is 24.7 Å². The predicted molar refractivity (Wildman–Crippen MR) is 100 cm³/mol. The van der Waals surface area contributed by atoms with Gasteiger partial charge in [0.15, 0.2) is 0 Å². The molecule has 1 aromatic carbocycles. The van der Waals surface area contributed by atoms with Gasteiger partial charge in [-0.3, -0.25) is 9.59 Å². The highest BCUT2D eigenvalue weighted by molar-refractivity contribution is 9.10. The highest BCUT2D eigenvalue weighted by Gasteiger charge is 2.48. The number of fused-ring (bicyclic) bond motifs is 2. The van der Waals surface area contributed by atoms with Crippen LogP contribution in [-0.2, 0) is 9.59 Å². The van der Waals surface area contributed by atoms with Crippen LogP contribution in [0.15, 0.2) is 22.7 Å². The molecule has 0 aromatic heterocycles. The first kappa shape index (κ1) is 19.2. The maximum atomic E-state index is 12.3. The lowest BCUT2D eigenvalue weighted by atomic mass is 9.84. The summed E-state index contributed by atoms with van der Waals surface area (Å²) in [6.45, 7) is 1.94. The van der Waals surface area contributed by atoms with Gasteiger partial charge in [-0.15, -0.1) is 12.4 Å². The molecule has 3 rings (SSSR count). The second-order valence-corrected chi connectivity index (χ2v) is 7.52. The van der Waals surface area contributed by atoms with Crippen molar-refractivity contribution in [2.45, 2.75) is 32.2 Å². The molecule has 2 fully saturated rings. The molecule has 24 heavy (non-hydrogen) atoms. The van der Waals surface area contributed by atoms with Gasteiger partial charge in [0.1, 0.15) is 0 Å². The van der Waals surface area contributed by atoms with Crippen LogP contribution in [0.3, 0.4) is 0 Å². The van der Waals surface area contributed by atoms with E-state index in [1.807, 2.05) is 25.1 Å². The van der Waals surface area contributed by atoms with Gasteiger partial charge in [-0.2, -0.15) is 0 Å². The molecule has 0 saturated heterocycles. The summed E-state index contributed by atoms with van der Waals surface area (Å²) >= 11 is 3.42. The van der Waals surface area contributed by atoms with Crippen LogP contribution >= 0.6 is 28.3 Å². The van der Waals surface area contributed by atoms with Gasteiger partial charge in [0.25, 0.3) is 0 Å². The van der Waals surface area contributed by atoms with E-state index in [4.69, 9.17) is 5.73 Å². The first-order chi connectivity index (χ1) is 11.0. The van der Waals surface area contributed by atoms with E-state index in [-0.39, 0.29) is 42.7 Å². The normalized spacial score (nSPS) is 27.5. The van der Waals surface area contributed by atoms with Gasteiger partial charge in [-0.25, -0.2) is 0 Å². The molecule has 2 saturated carbocycles. The van der Waals surface area contributed by atoms with Crippen molar-refractivity contribution in [2.24, 2.45) is 23.5 Å². The molecule has 4 N–H and O–H groups in total. The number of aryl methyl sites for hydroxylation is 1. The number of anilines is 1. The molecule has 0 aliphatic heterocycles. The Morgan fingerprint density at radius 2 is 2.00 bits per heavy atom. The summed E-state index contributed by atoms with van der Waals surface area (Å²) in [6.07, 6.45) is 3.28. The number of halogens is 2. The van der Waals surface area contributed by atoms with Crippen molar-refractivity contribution in [2.75, 3.05) is 11.9 Å². The molecule has 0 radical (unpaired) electrons. The lowest BCUT2D eigenvalue weighted by molar-refractivity contribution is -0.129. The predicted octanol–water partition coefficient (Wildman–Crippen LogP) is 2.61. The summed E-state index contributed by atoms with van der Waals surface area (Å²) in [5.74, 6) is 0.447. The third-order valence-corrected chi connectivity index (χ3v) is 6.04. The Morgan fingerprint density at radius 1 is 1.29 bits per heavy atom. The highest BCUT2D eigenvalue weighted by Crippen LogP contribution is 2.47.